The number of anilines is 1. The van der Waals surface area contributed by atoms with Crippen molar-refractivity contribution in [1.29, 1.82) is 0 Å². The van der Waals surface area contributed by atoms with Crippen molar-refractivity contribution in [2.75, 3.05) is 5.32 Å². The monoisotopic (exact) mass is 245 g/mol. The van der Waals surface area contributed by atoms with Crippen molar-refractivity contribution in [2.24, 2.45) is 5.92 Å². The molecule has 1 aliphatic rings. The molecule has 0 aliphatic heterocycles. The Morgan fingerprint density at radius 2 is 1.94 bits per heavy atom. The first-order chi connectivity index (χ1) is 8.72. The quantitative estimate of drug-likeness (QED) is 0.792. The van der Waals surface area contributed by atoms with E-state index in [-0.39, 0.29) is 0 Å². The fourth-order valence-corrected chi connectivity index (χ4v) is 3.21. The van der Waals surface area contributed by atoms with E-state index in [2.05, 4.69) is 44.3 Å². The van der Waals surface area contributed by atoms with Gasteiger partial charge >= 0.3 is 0 Å². The van der Waals surface area contributed by atoms with Crippen molar-refractivity contribution in [3.8, 4) is 0 Å². The molecule has 1 N–H and O–H groups in total. The standard InChI is InChI=1S/C17H27N/c1-4-15-12-8-9-13(2)17(15)18-14(3)16-10-6-5-7-11-16/h8-9,12,14,16,18H,4-7,10-11H2,1-3H3. The van der Waals surface area contributed by atoms with E-state index in [1.807, 2.05) is 0 Å². The Hall–Kier alpha value is -0.980. The van der Waals surface area contributed by atoms with E-state index in [0.29, 0.717) is 6.04 Å². The van der Waals surface area contributed by atoms with Gasteiger partial charge in [-0.25, -0.2) is 0 Å². The zero-order valence-corrected chi connectivity index (χ0v) is 12.1. The topological polar surface area (TPSA) is 12.0 Å². The van der Waals surface area contributed by atoms with Crippen LogP contribution in [0.4, 0.5) is 5.69 Å². The maximum absolute atomic E-state index is 3.80. The summed E-state index contributed by atoms with van der Waals surface area (Å²) in [6, 6.07) is 7.25. The van der Waals surface area contributed by atoms with E-state index >= 15 is 0 Å². The highest BCUT2D eigenvalue weighted by Gasteiger charge is 2.20. The van der Waals surface area contributed by atoms with Crippen LogP contribution in [0, 0.1) is 12.8 Å². The molecule has 1 aromatic rings. The molecular weight excluding hydrogens is 218 g/mol. The maximum atomic E-state index is 3.80. The number of benzene rings is 1. The number of hydrogen-bond donors (Lipinski definition) is 1. The molecule has 1 saturated carbocycles. The van der Waals surface area contributed by atoms with Gasteiger partial charge in [-0.05, 0) is 50.2 Å². The highest BCUT2D eigenvalue weighted by atomic mass is 14.9. The summed E-state index contributed by atoms with van der Waals surface area (Å²) in [6.07, 6.45) is 8.20. The number of para-hydroxylation sites is 1. The zero-order chi connectivity index (χ0) is 13.0. The Kier molecular flexibility index (Phi) is 4.68. The van der Waals surface area contributed by atoms with Crippen LogP contribution in [0.3, 0.4) is 0 Å². The van der Waals surface area contributed by atoms with Crippen LogP contribution in [-0.4, -0.2) is 6.04 Å². The van der Waals surface area contributed by atoms with Crippen LogP contribution < -0.4 is 5.32 Å². The van der Waals surface area contributed by atoms with Gasteiger partial charge in [-0.15, -0.1) is 0 Å². The predicted octanol–water partition coefficient (Wildman–Crippen LogP) is 4.94. The normalized spacial score (nSPS) is 18.6. The largest absolute Gasteiger partial charge is 0.382 e. The highest BCUT2D eigenvalue weighted by Crippen LogP contribution is 2.30. The molecule has 0 aromatic heterocycles. The minimum Gasteiger partial charge on any atom is -0.382 e. The molecule has 18 heavy (non-hydrogen) atoms. The van der Waals surface area contributed by atoms with E-state index in [9.17, 15) is 0 Å². The molecule has 0 amide bonds. The van der Waals surface area contributed by atoms with Crippen molar-refractivity contribution in [3.63, 3.8) is 0 Å². The van der Waals surface area contributed by atoms with Crippen molar-refractivity contribution in [2.45, 2.75) is 65.3 Å². The van der Waals surface area contributed by atoms with Crippen molar-refractivity contribution >= 4 is 5.69 Å². The third-order valence-corrected chi connectivity index (χ3v) is 4.47. The first-order valence-corrected chi connectivity index (χ1v) is 7.57. The average molecular weight is 245 g/mol. The first kappa shape index (κ1) is 13.5. The van der Waals surface area contributed by atoms with Gasteiger partial charge in [-0.2, -0.15) is 0 Å². The van der Waals surface area contributed by atoms with E-state index in [0.717, 1.165) is 12.3 Å². The average Bonchev–Trinajstić information content (AvgIpc) is 2.42. The fraction of sp³-hybridized carbons (Fsp3) is 0.647. The molecule has 1 unspecified atom stereocenters. The molecule has 1 atom stereocenters. The minimum absolute atomic E-state index is 0.608. The van der Waals surface area contributed by atoms with E-state index in [1.165, 1.54) is 48.9 Å². The van der Waals surface area contributed by atoms with Crippen LogP contribution in [0.5, 0.6) is 0 Å². The Morgan fingerprint density at radius 1 is 1.22 bits per heavy atom. The lowest BCUT2D eigenvalue weighted by Crippen LogP contribution is -2.28. The number of hydrogen-bond acceptors (Lipinski definition) is 1. The van der Waals surface area contributed by atoms with Gasteiger partial charge in [0, 0.05) is 11.7 Å². The van der Waals surface area contributed by atoms with Crippen LogP contribution in [0.2, 0.25) is 0 Å². The summed E-state index contributed by atoms with van der Waals surface area (Å²) in [6.45, 7) is 6.82. The summed E-state index contributed by atoms with van der Waals surface area (Å²) in [5.41, 5.74) is 4.23. The third kappa shape index (κ3) is 3.07. The molecule has 2 rings (SSSR count). The SMILES string of the molecule is CCc1cccc(C)c1NC(C)C1CCCCC1. The Morgan fingerprint density at radius 3 is 2.61 bits per heavy atom. The number of nitrogens with one attached hydrogen (secondary N) is 1. The van der Waals surface area contributed by atoms with Crippen molar-refractivity contribution in [3.05, 3.63) is 29.3 Å². The molecular formula is C17H27N. The maximum Gasteiger partial charge on any atom is 0.0404 e. The van der Waals surface area contributed by atoms with Gasteiger partial charge in [0.1, 0.15) is 0 Å². The highest BCUT2D eigenvalue weighted by molar-refractivity contribution is 5.57. The summed E-state index contributed by atoms with van der Waals surface area (Å²) in [5.74, 6) is 0.864. The van der Waals surface area contributed by atoms with Gasteiger partial charge in [0.15, 0.2) is 0 Å². The lowest BCUT2D eigenvalue weighted by molar-refractivity contribution is 0.328. The van der Waals surface area contributed by atoms with Crippen LogP contribution in [-0.2, 0) is 6.42 Å². The molecule has 1 aromatic carbocycles. The zero-order valence-electron chi connectivity index (χ0n) is 12.1. The first-order valence-electron chi connectivity index (χ1n) is 7.57. The van der Waals surface area contributed by atoms with E-state index < -0.39 is 0 Å². The van der Waals surface area contributed by atoms with Gasteiger partial charge in [0.25, 0.3) is 0 Å². The molecule has 0 saturated heterocycles. The Balaban J connectivity index is 2.08. The van der Waals surface area contributed by atoms with Gasteiger partial charge < -0.3 is 5.32 Å². The second kappa shape index (κ2) is 6.26. The third-order valence-electron chi connectivity index (χ3n) is 4.47. The van der Waals surface area contributed by atoms with Gasteiger partial charge in [0.05, 0.1) is 0 Å². The Labute approximate surface area is 112 Å². The van der Waals surface area contributed by atoms with Gasteiger partial charge in [-0.1, -0.05) is 44.4 Å². The summed E-state index contributed by atoms with van der Waals surface area (Å²) >= 11 is 0. The summed E-state index contributed by atoms with van der Waals surface area (Å²) in [5, 5.41) is 3.80. The number of rotatable bonds is 4. The number of aryl methyl sites for hydroxylation is 2. The summed E-state index contributed by atoms with van der Waals surface area (Å²) in [7, 11) is 0. The van der Waals surface area contributed by atoms with Crippen LogP contribution in [0.1, 0.15) is 57.1 Å². The molecule has 1 aliphatic carbocycles. The van der Waals surface area contributed by atoms with E-state index in [1.54, 1.807) is 0 Å². The lowest BCUT2D eigenvalue weighted by atomic mass is 9.84. The van der Waals surface area contributed by atoms with Crippen LogP contribution in [0.15, 0.2) is 18.2 Å². The van der Waals surface area contributed by atoms with Crippen LogP contribution >= 0.6 is 0 Å². The second-order valence-electron chi connectivity index (χ2n) is 5.79. The van der Waals surface area contributed by atoms with Crippen LogP contribution in [0.25, 0.3) is 0 Å². The smallest absolute Gasteiger partial charge is 0.0404 e. The second-order valence-corrected chi connectivity index (χ2v) is 5.79. The van der Waals surface area contributed by atoms with Crippen molar-refractivity contribution in [1.82, 2.24) is 0 Å². The Bertz CT molecular complexity index is 377. The molecule has 100 valence electrons. The molecule has 1 nitrogen and oxygen atoms in total. The van der Waals surface area contributed by atoms with Gasteiger partial charge in [0.2, 0.25) is 0 Å². The lowest BCUT2D eigenvalue weighted by Gasteiger charge is -2.30. The molecule has 0 radical (unpaired) electrons. The minimum atomic E-state index is 0.608. The molecule has 1 heteroatoms. The van der Waals surface area contributed by atoms with Crippen molar-refractivity contribution < 1.29 is 0 Å². The summed E-state index contributed by atoms with van der Waals surface area (Å²) < 4.78 is 0. The van der Waals surface area contributed by atoms with Gasteiger partial charge in [-0.3, -0.25) is 0 Å². The molecule has 0 bridgehead atoms. The predicted molar refractivity (Wildman–Crippen MR) is 80.2 cm³/mol. The fourth-order valence-electron chi connectivity index (χ4n) is 3.21. The molecule has 0 spiro atoms. The molecule has 1 fully saturated rings. The summed E-state index contributed by atoms with van der Waals surface area (Å²) in [4.78, 5) is 0. The molecule has 0 heterocycles. The van der Waals surface area contributed by atoms with E-state index in [4.69, 9.17) is 0 Å².